The largest absolute Gasteiger partial charge is 0.326 e. The molecule has 1 heterocycles. The molecule has 0 unspecified atom stereocenters. The van der Waals surface area contributed by atoms with Crippen LogP contribution < -0.4 is 5.32 Å². The van der Waals surface area contributed by atoms with Crippen LogP contribution in [0.4, 0.5) is 10.1 Å². The van der Waals surface area contributed by atoms with Crippen LogP contribution >= 0.6 is 0 Å². The molecule has 1 aliphatic heterocycles. The Hall–Kier alpha value is -2.20. The number of piperidine rings is 1. The fraction of sp³-hybridized carbons (Fsp3) is 0.350. The van der Waals surface area contributed by atoms with Gasteiger partial charge in [0.2, 0.25) is 5.91 Å². The average molecular weight is 326 g/mol. The molecule has 3 nitrogen and oxygen atoms in total. The van der Waals surface area contributed by atoms with Crippen LogP contribution in [0.1, 0.15) is 24.0 Å². The lowest BCUT2D eigenvalue weighted by atomic mass is 9.95. The minimum Gasteiger partial charge on any atom is -0.326 e. The van der Waals surface area contributed by atoms with Crippen molar-refractivity contribution < 1.29 is 9.18 Å². The maximum Gasteiger partial charge on any atom is 0.227 e. The quantitative estimate of drug-likeness (QED) is 0.921. The van der Waals surface area contributed by atoms with Gasteiger partial charge in [-0.25, -0.2) is 4.39 Å². The van der Waals surface area contributed by atoms with Gasteiger partial charge in [0.1, 0.15) is 5.82 Å². The third-order valence-electron chi connectivity index (χ3n) is 4.60. The summed E-state index contributed by atoms with van der Waals surface area (Å²) in [5, 5.41) is 3.01. The number of anilines is 1. The number of benzene rings is 2. The standard InChI is InChI=1S/C20H23FN2O/c1-15-5-4-7-18(13-15)22-20(24)16-9-11-23(12-10-16)14-17-6-2-3-8-19(17)21/h2-8,13,16H,9-12,14H2,1H3,(H,22,24). The van der Waals surface area contributed by atoms with Gasteiger partial charge in [-0.15, -0.1) is 0 Å². The lowest BCUT2D eigenvalue weighted by molar-refractivity contribution is -0.121. The highest BCUT2D eigenvalue weighted by atomic mass is 19.1. The lowest BCUT2D eigenvalue weighted by Crippen LogP contribution is -2.37. The molecule has 126 valence electrons. The first-order valence-corrected chi connectivity index (χ1v) is 8.45. The van der Waals surface area contributed by atoms with E-state index < -0.39 is 0 Å². The Bertz CT molecular complexity index is 708. The molecule has 1 saturated heterocycles. The van der Waals surface area contributed by atoms with Crippen molar-refractivity contribution in [2.45, 2.75) is 26.3 Å². The zero-order valence-electron chi connectivity index (χ0n) is 14.0. The Kier molecular flexibility index (Phi) is 5.26. The molecule has 24 heavy (non-hydrogen) atoms. The topological polar surface area (TPSA) is 32.3 Å². The van der Waals surface area contributed by atoms with Gasteiger partial charge >= 0.3 is 0 Å². The predicted octanol–water partition coefficient (Wildman–Crippen LogP) is 3.98. The SMILES string of the molecule is Cc1cccc(NC(=O)C2CCN(Cc3ccccc3F)CC2)c1. The van der Waals surface area contributed by atoms with Gasteiger partial charge < -0.3 is 5.32 Å². The fourth-order valence-corrected chi connectivity index (χ4v) is 3.19. The highest BCUT2D eigenvalue weighted by Crippen LogP contribution is 2.22. The molecule has 0 aromatic heterocycles. The van der Waals surface area contributed by atoms with Crippen LogP contribution in [0, 0.1) is 18.7 Å². The third kappa shape index (κ3) is 4.20. The molecule has 0 saturated carbocycles. The number of likely N-dealkylation sites (tertiary alicyclic amines) is 1. The number of nitrogens with zero attached hydrogens (tertiary/aromatic N) is 1. The van der Waals surface area contributed by atoms with E-state index in [0.29, 0.717) is 6.54 Å². The minimum atomic E-state index is -0.156. The number of aryl methyl sites for hydroxylation is 1. The monoisotopic (exact) mass is 326 g/mol. The molecule has 0 bridgehead atoms. The summed E-state index contributed by atoms with van der Waals surface area (Å²) in [7, 11) is 0. The summed E-state index contributed by atoms with van der Waals surface area (Å²) in [6.07, 6.45) is 1.62. The third-order valence-corrected chi connectivity index (χ3v) is 4.60. The lowest BCUT2D eigenvalue weighted by Gasteiger charge is -2.31. The molecule has 0 spiro atoms. The van der Waals surface area contributed by atoms with Gasteiger partial charge in [-0.3, -0.25) is 9.69 Å². The van der Waals surface area contributed by atoms with E-state index in [4.69, 9.17) is 0 Å². The summed E-state index contributed by atoms with van der Waals surface area (Å²) in [4.78, 5) is 14.6. The van der Waals surface area contributed by atoms with Crippen molar-refractivity contribution >= 4 is 11.6 Å². The summed E-state index contributed by atoms with van der Waals surface area (Å²) in [5.41, 5.74) is 2.71. The van der Waals surface area contributed by atoms with Crippen LogP contribution in [0.3, 0.4) is 0 Å². The Balaban J connectivity index is 1.51. The molecule has 0 aliphatic carbocycles. The molecular formula is C20H23FN2O. The maximum atomic E-state index is 13.7. The van der Waals surface area contributed by atoms with Gasteiger partial charge in [-0.1, -0.05) is 30.3 Å². The second-order valence-corrected chi connectivity index (χ2v) is 6.50. The van der Waals surface area contributed by atoms with Gasteiger partial charge in [0.25, 0.3) is 0 Å². The summed E-state index contributed by atoms with van der Waals surface area (Å²) in [6, 6.07) is 14.7. The van der Waals surface area contributed by atoms with E-state index in [9.17, 15) is 9.18 Å². The number of carbonyl (C=O) groups is 1. The first-order chi connectivity index (χ1) is 11.6. The van der Waals surface area contributed by atoms with Gasteiger partial charge in [0.15, 0.2) is 0 Å². The second-order valence-electron chi connectivity index (χ2n) is 6.50. The van der Waals surface area contributed by atoms with E-state index in [0.717, 1.165) is 42.7 Å². The van der Waals surface area contributed by atoms with Gasteiger partial charge in [0, 0.05) is 23.7 Å². The molecule has 4 heteroatoms. The zero-order chi connectivity index (χ0) is 16.9. The van der Waals surface area contributed by atoms with E-state index in [1.54, 1.807) is 6.07 Å². The van der Waals surface area contributed by atoms with Gasteiger partial charge in [-0.05, 0) is 56.6 Å². The molecule has 2 aromatic rings. The molecule has 1 amide bonds. The van der Waals surface area contributed by atoms with Crippen LogP contribution in [0.2, 0.25) is 0 Å². The highest BCUT2D eigenvalue weighted by Gasteiger charge is 2.25. The Morgan fingerprint density at radius 1 is 1.17 bits per heavy atom. The van der Waals surface area contributed by atoms with Crippen molar-refractivity contribution in [3.8, 4) is 0 Å². The Morgan fingerprint density at radius 3 is 2.62 bits per heavy atom. The van der Waals surface area contributed by atoms with Crippen LogP contribution in [-0.2, 0) is 11.3 Å². The summed E-state index contributed by atoms with van der Waals surface area (Å²) >= 11 is 0. The van der Waals surface area contributed by atoms with Crippen LogP contribution in [0.15, 0.2) is 48.5 Å². The number of halogens is 1. The zero-order valence-corrected chi connectivity index (χ0v) is 14.0. The number of rotatable bonds is 4. The van der Waals surface area contributed by atoms with Gasteiger partial charge in [-0.2, -0.15) is 0 Å². The first kappa shape index (κ1) is 16.7. The van der Waals surface area contributed by atoms with Crippen LogP contribution in [0.5, 0.6) is 0 Å². The molecular weight excluding hydrogens is 303 g/mol. The Labute approximate surface area is 142 Å². The normalized spacial score (nSPS) is 16.1. The van der Waals surface area contributed by atoms with E-state index >= 15 is 0 Å². The van der Waals surface area contributed by atoms with Crippen molar-refractivity contribution in [3.05, 3.63) is 65.5 Å². The van der Waals surface area contributed by atoms with E-state index in [1.807, 2.05) is 43.3 Å². The number of hydrogen-bond donors (Lipinski definition) is 1. The highest BCUT2D eigenvalue weighted by molar-refractivity contribution is 5.92. The maximum absolute atomic E-state index is 13.7. The number of carbonyl (C=O) groups excluding carboxylic acids is 1. The summed E-state index contributed by atoms with van der Waals surface area (Å²) in [5.74, 6) is -0.0367. The summed E-state index contributed by atoms with van der Waals surface area (Å²) in [6.45, 7) is 4.26. The number of nitrogens with one attached hydrogen (secondary N) is 1. The van der Waals surface area contributed by atoms with Crippen molar-refractivity contribution in [2.24, 2.45) is 5.92 Å². The van der Waals surface area contributed by atoms with E-state index in [-0.39, 0.29) is 17.6 Å². The van der Waals surface area contributed by atoms with Crippen molar-refractivity contribution in [2.75, 3.05) is 18.4 Å². The predicted molar refractivity (Wildman–Crippen MR) is 94.2 cm³/mol. The molecule has 1 fully saturated rings. The fourth-order valence-electron chi connectivity index (χ4n) is 3.19. The molecule has 0 radical (unpaired) electrons. The van der Waals surface area contributed by atoms with Crippen LogP contribution in [0.25, 0.3) is 0 Å². The molecule has 3 rings (SSSR count). The van der Waals surface area contributed by atoms with Crippen molar-refractivity contribution in [3.63, 3.8) is 0 Å². The molecule has 0 atom stereocenters. The Morgan fingerprint density at radius 2 is 1.92 bits per heavy atom. The number of hydrogen-bond acceptors (Lipinski definition) is 2. The second kappa shape index (κ2) is 7.58. The van der Waals surface area contributed by atoms with Crippen molar-refractivity contribution in [1.29, 1.82) is 0 Å². The smallest absolute Gasteiger partial charge is 0.227 e. The first-order valence-electron chi connectivity index (χ1n) is 8.45. The van der Waals surface area contributed by atoms with Crippen LogP contribution in [-0.4, -0.2) is 23.9 Å². The molecule has 1 N–H and O–H groups in total. The minimum absolute atomic E-state index is 0.0300. The molecule has 2 aromatic carbocycles. The van der Waals surface area contributed by atoms with Crippen molar-refractivity contribution in [1.82, 2.24) is 4.90 Å². The van der Waals surface area contributed by atoms with Gasteiger partial charge in [0.05, 0.1) is 0 Å². The average Bonchev–Trinajstić information content (AvgIpc) is 2.57. The molecule has 1 aliphatic rings. The van der Waals surface area contributed by atoms with E-state index in [1.165, 1.54) is 6.07 Å². The number of amides is 1. The van der Waals surface area contributed by atoms with E-state index in [2.05, 4.69) is 10.2 Å². The summed E-state index contributed by atoms with van der Waals surface area (Å²) < 4.78 is 13.7.